The first-order valence-corrected chi connectivity index (χ1v) is 7.32. The Morgan fingerprint density at radius 3 is 2.28 bits per heavy atom. The van der Waals surface area contributed by atoms with Crippen molar-refractivity contribution in [2.24, 2.45) is 0 Å². The average molecular weight is 275 g/mol. The van der Waals surface area contributed by atoms with Crippen molar-refractivity contribution in [1.82, 2.24) is 4.31 Å². The maximum absolute atomic E-state index is 12.7. The lowest BCUT2D eigenvalue weighted by Gasteiger charge is -2.25. The monoisotopic (exact) mass is 275 g/mol. The van der Waals surface area contributed by atoms with E-state index in [1.54, 1.807) is 13.8 Å². The van der Waals surface area contributed by atoms with Crippen molar-refractivity contribution in [3.05, 3.63) is 35.6 Å². The Balaban J connectivity index is 2.88. The fourth-order valence-corrected chi connectivity index (χ4v) is 3.47. The summed E-state index contributed by atoms with van der Waals surface area (Å²) in [4.78, 5) is 0. The molecule has 0 fully saturated rings. The van der Waals surface area contributed by atoms with Crippen LogP contribution in [0.5, 0.6) is 0 Å². The molecule has 0 amide bonds. The average Bonchev–Trinajstić information content (AvgIpc) is 2.28. The summed E-state index contributed by atoms with van der Waals surface area (Å²) >= 11 is 0. The van der Waals surface area contributed by atoms with Gasteiger partial charge >= 0.3 is 0 Å². The maximum atomic E-state index is 12.7. The highest BCUT2D eigenvalue weighted by Crippen LogP contribution is 2.14. The van der Waals surface area contributed by atoms with Crippen LogP contribution in [0.4, 0.5) is 4.39 Å². The van der Waals surface area contributed by atoms with Gasteiger partial charge in [-0.2, -0.15) is 4.31 Å². The Bertz CT molecular complexity index is 471. The van der Waals surface area contributed by atoms with Crippen LogP contribution in [0, 0.1) is 5.82 Å². The molecular weight excluding hydrogens is 257 g/mol. The first-order valence-electron chi connectivity index (χ1n) is 5.71. The standard InChI is InChI=1S/C12H18FNO3S/c1-10(2)14(7-8-15)18(16,17)9-11-3-5-12(13)6-4-11/h3-6,10,15H,7-9H2,1-2H3. The van der Waals surface area contributed by atoms with Crippen LogP contribution in [0.3, 0.4) is 0 Å². The molecule has 0 saturated heterocycles. The zero-order chi connectivity index (χ0) is 13.8. The van der Waals surface area contributed by atoms with E-state index >= 15 is 0 Å². The van der Waals surface area contributed by atoms with Gasteiger partial charge in [-0.05, 0) is 31.5 Å². The Morgan fingerprint density at radius 1 is 1.28 bits per heavy atom. The van der Waals surface area contributed by atoms with Crippen LogP contribution >= 0.6 is 0 Å². The highest BCUT2D eigenvalue weighted by Gasteiger charge is 2.24. The van der Waals surface area contributed by atoms with Crippen LogP contribution in [0.15, 0.2) is 24.3 Å². The van der Waals surface area contributed by atoms with Crippen molar-refractivity contribution in [2.75, 3.05) is 13.2 Å². The number of rotatable bonds is 6. The second-order valence-corrected chi connectivity index (χ2v) is 6.23. The first kappa shape index (κ1) is 15.1. The molecule has 0 aliphatic heterocycles. The van der Waals surface area contributed by atoms with Crippen LogP contribution in [0.2, 0.25) is 0 Å². The van der Waals surface area contributed by atoms with E-state index in [4.69, 9.17) is 5.11 Å². The minimum Gasteiger partial charge on any atom is -0.395 e. The number of nitrogens with zero attached hydrogens (tertiary/aromatic N) is 1. The minimum atomic E-state index is -3.50. The number of halogens is 1. The van der Waals surface area contributed by atoms with Gasteiger partial charge in [0.1, 0.15) is 5.82 Å². The van der Waals surface area contributed by atoms with Gasteiger partial charge in [-0.25, -0.2) is 12.8 Å². The van der Waals surface area contributed by atoms with E-state index in [0.29, 0.717) is 5.56 Å². The fourth-order valence-electron chi connectivity index (χ4n) is 1.69. The second kappa shape index (κ2) is 6.26. The van der Waals surface area contributed by atoms with Gasteiger partial charge in [0.05, 0.1) is 12.4 Å². The van der Waals surface area contributed by atoms with Crippen LogP contribution in [0.1, 0.15) is 19.4 Å². The number of benzene rings is 1. The lowest BCUT2D eigenvalue weighted by atomic mass is 10.2. The Kier molecular flexibility index (Phi) is 5.25. The van der Waals surface area contributed by atoms with Gasteiger partial charge < -0.3 is 5.11 Å². The first-order chi connectivity index (χ1) is 8.36. The van der Waals surface area contributed by atoms with Crippen molar-refractivity contribution in [3.8, 4) is 0 Å². The molecule has 0 atom stereocenters. The van der Waals surface area contributed by atoms with Gasteiger partial charge in [-0.1, -0.05) is 12.1 Å². The molecule has 0 saturated carbocycles. The van der Waals surface area contributed by atoms with Gasteiger partial charge in [0.15, 0.2) is 0 Å². The van der Waals surface area contributed by atoms with Gasteiger partial charge in [-0.3, -0.25) is 0 Å². The van der Waals surface area contributed by atoms with Crippen LogP contribution in [0.25, 0.3) is 0 Å². The van der Waals surface area contributed by atoms with E-state index in [0.717, 1.165) is 0 Å². The largest absolute Gasteiger partial charge is 0.395 e. The smallest absolute Gasteiger partial charge is 0.218 e. The minimum absolute atomic E-state index is 0.0706. The van der Waals surface area contributed by atoms with Crippen molar-refractivity contribution in [3.63, 3.8) is 0 Å². The summed E-state index contributed by atoms with van der Waals surface area (Å²) in [6, 6.07) is 5.14. The van der Waals surface area contributed by atoms with Crippen molar-refractivity contribution in [2.45, 2.75) is 25.6 Å². The molecule has 0 spiro atoms. The molecule has 0 radical (unpaired) electrons. The Labute approximate surface area is 107 Å². The quantitative estimate of drug-likeness (QED) is 0.853. The third-order valence-corrected chi connectivity index (χ3v) is 4.53. The van der Waals surface area contributed by atoms with Crippen LogP contribution < -0.4 is 0 Å². The third-order valence-electron chi connectivity index (χ3n) is 2.52. The predicted molar refractivity (Wildman–Crippen MR) is 68.0 cm³/mol. The molecule has 1 aromatic carbocycles. The SMILES string of the molecule is CC(C)N(CCO)S(=O)(=O)Cc1ccc(F)cc1. The van der Waals surface area contributed by atoms with Crippen molar-refractivity contribution < 1.29 is 17.9 Å². The molecule has 6 heteroatoms. The van der Waals surface area contributed by atoms with E-state index in [1.165, 1.54) is 28.6 Å². The molecule has 18 heavy (non-hydrogen) atoms. The van der Waals surface area contributed by atoms with Crippen molar-refractivity contribution in [1.29, 1.82) is 0 Å². The molecule has 1 aromatic rings. The summed E-state index contributed by atoms with van der Waals surface area (Å²) in [7, 11) is -3.50. The van der Waals surface area contributed by atoms with Gasteiger partial charge in [0.25, 0.3) is 0 Å². The molecule has 0 aliphatic carbocycles. The molecule has 0 bridgehead atoms. The topological polar surface area (TPSA) is 57.6 Å². The molecule has 0 heterocycles. The number of sulfonamides is 1. The summed E-state index contributed by atoms with van der Waals surface area (Å²) in [6.07, 6.45) is 0. The fraction of sp³-hybridized carbons (Fsp3) is 0.500. The highest BCUT2D eigenvalue weighted by molar-refractivity contribution is 7.88. The van der Waals surface area contributed by atoms with Crippen molar-refractivity contribution >= 4 is 10.0 Å². The normalized spacial score (nSPS) is 12.3. The summed E-state index contributed by atoms with van der Waals surface area (Å²) in [5.74, 6) is -0.585. The van der Waals surface area contributed by atoms with E-state index in [-0.39, 0.29) is 24.9 Å². The van der Waals surface area contributed by atoms with Gasteiger partial charge in [0, 0.05) is 12.6 Å². The van der Waals surface area contributed by atoms with E-state index in [2.05, 4.69) is 0 Å². The van der Waals surface area contributed by atoms with E-state index in [1.807, 2.05) is 0 Å². The molecular formula is C12H18FNO3S. The number of aliphatic hydroxyl groups is 1. The van der Waals surface area contributed by atoms with Gasteiger partial charge in [0.2, 0.25) is 10.0 Å². The zero-order valence-electron chi connectivity index (χ0n) is 10.5. The summed E-state index contributed by atoms with van der Waals surface area (Å²) in [5.41, 5.74) is 0.528. The van der Waals surface area contributed by atoms with Crippen LogP contribution in [-0.4, -0.2) is 37.0 Å². The third kappa shape index (κ3) is 4.04. The number of aliphatic hydroxyl groups excluding tert-OH is 1. The lowest BCUT2D eigenvalue weighted by Crippen LogP contribution is -2.39. The summed E-state index contributed by atoms with van der Waals surface area (Å²) in [6.45, 7) is 3.35. The molecule has 102 valence electrons. The highest BCUT2D eigenvalue weighted by atomic mass is 32.2. The number of hydrogen-bond donors (Lipinski definition) is 1. The molecule has 0 unspecified atom stereocenters. The Morgan fingerprint density at radius 2 is 1.83 bits per heavy atom. The molecule has 0 aliphatic rings. The lowest BCUT2D eigenvalue weighted by molar-refractivity contribution is 0.236. The molecule has 0 aromatic heterocycles. The van der Waals surface area contributed by atoms with Gasteiger partial charge in [-0.15, -0.1) is 0 Å². The maximum Gasteiger partial charge on any atom is 0.218 e. The predicted octanol–water partition coefficient (Wildman–Crippen LogP) is 1.36. The van der Waals surface area contributed by atoms with Crippen LogP contribution in [-0.2, 0) is 15.8 Å². The summed E-state index contributed by atoms with van der Waals surface area (Å²) < 4.78 is 38.3. The number of hydrogen-bond acceptors (Lipinski definition) is 3. The van der Waals surface area contributed by atoms with E-state index < -0.39 is 15.8 Å². The second-order valence-electron chi connectivity index (χ2n) is 4.31. The molecule has 1 rings (SSSR count). The van der Waals surface area contributed by atoms with E-state index in [9.17, 15) is 12.8 Å². The molecule has 1 N–H and O–H groups in total. The Hall–Kier alpha value is -0.980. The zero-order valence-corrected chi connectivity index (χ0v) is 11.3. The molecule has 4 nitrogen and oxygen atoms in total. The summed E-state index contributed by atoms with van der Waals surface area (Å²) in [5, 5.41) is 8.90.